The Hall–Kier alpha value is -0.730. The van der Waals surface area contributed by atoms with Crippen molar-refractivity contribution in [2.75, 3.05) is 20.2 Å². The Morgan fingerprint density at radius 3 is 2.58 bits per heavy atom. The van der Waals surface area contributed by atoms with Gasteiger partial charge in [-0.25, -0.2) is 0 Å². The first-order valence-electron chi connectivity index (χ1n) is 7.18. The second-order valence-corrected chi connectivity index (χ2v) is 6.15. The van der Waals surface area contributed by atoms with Gasteiger partial charge in [-0.3, -0.25) is 0 Å². The highest BCUT2D eigenvalue weighted by molar-refractivity contribution is 6.32. The van der Waals surface area contributed by atoms with Gasteiger partial charge in [-0.15, -0.1) is 0 Å². The lowest BCUT2D eigenvalue weighted by Crippen LogP contribution is -2.28. The molecular weight excluding hydrogens is 258 g/mol. The molecule has 1 N–H and O–H groups in total. The van der Waals surface area contributed by atoms with Gasteiger partial charge in [0.1, 0.15) is 5.75 Å². The van der Waals surface area contributed by atoms with Gasteiger partial charge in [0.2, 0.25) is 0 Å². The molecule has 1 aliphatic rings. The van der Waals surface area contributed by atoms with Crippen molar-refractivity contribution >= 4 is 11.6 Å². The number of ether oxygens (including phenoxy) is 1. The maximum Gasteiger partial charge on any atom is 0.140 e. The van der Waals surface area contributed by atoms with E-state index in [1.807, 2.05) is 6.07 Å². The van der Waals surface area contributed by atoms with Crippen molar-refractivity contribution < 1.29 is 4.74 Å². The lowest BCUT2D eigenvalue weighted by atomic mass is 9.89. The molecule has 106 valence electrons. The summed E-state index contributed by atoms with van der Waals surface area (Å²) in [7, 11) is 1.71. The standard InChI is InChI=1S/C16H24ClNO/c1-11(2)13-9-14(16(19-3)15(17)10-13)8-12-4-6-18-7-5-12/h9-12,18H,4-8H2,1-3H3. The van der Waals surface area contributed by atoms with Crippen LogP contribution in [0.5, 0.6) is 5.75 Å². The smallest absolute Gasteiger partial charge is 0.140 e. The van der Waals surface area contributed by atoms with Crippen LogP contribution in [0.1, 0.15) is 43.7 Å². The van der Waals surface area contributed by atoms with E-state index in [1.165, 1.54) is 24.0 Å². The normalized spacial score (nSPS) is 16.9. The van der Waals surface area contributed by atoms with Gasteiger partial charge in [0, 0.05) is 0 Å². The molecule has 0 unspecified atom stereocenters. The molecule has 0 saturated carbocycles. The molecule has 0 aromatic heterocycles. The van der Waals surface area contributed by atoms with Crippen molar-refractivity contribution in [1.82, 2.24) is 5.32 Å². The van der Waals surface area contributed by atoms with Gasteiger partial charge in [0.05, 0.1) is 12.1 Å². The van der Waals surface area contributed by atoms with Crippen LogP contribution < -0.4 is 10.1 Å². The summed E-state index contributed by atoms with van der Waals surface area (Å²) in [6, 6.07) is 4.31. The second kappa shape index (κ2) is 6.62. The molecule has 2 rings (SSSR count). The van der Waals surface area contributed by atoms with Gasteiger partial charge in [0.25, 0.3) is 0 Å². The first kappa shape index (κ1) is 14.7. The predicted molar refractivity (Wildman–Crippen MR) is 81.4 cm³/mol. The van der Waals surface area contributed by atoms with E-state index in [-0.39, 0.29) is 0 Å². The maximum absolute atomic E-state index is 6.36. The highest BCUT2D eigenvalue weighted by atomic mass is 35.5. The number of hydrogen-bond acceptors (Lipinski definition) is 2. The van der Waals surface area contributed by atoms with Crippen LogP contribution in [-0.4, -0.2) is 20.2 Å². The fourth-order valence-electron chi connectivity index (χ4n) is 2.78. The van der Waals surface area contributed by atoms with E-state index in [1.54, 1.807) is 7.11 Å². The summed E-state index contributed by atoms with van der Waals surface area (Å²) in [4.78, 5) is 0. The fraction of sp³-hybridized carbons (Fsp3) is 0.625. The molecule has 1 fully saturated rings. The monoisotopic (exact) mass is 281 g/mol. The number of nitrogens with one attached hydrogen (secondary N) is 1. The van der Waals surface area contributed by atoms with Crippen LogP contribution in [-0.2, 0) is 6.42 Å². The molecule has 19 heavy (non-hydrogen) atoms. The van der Waals surface area contributed by atoms with E-state index in [2.05, 4.69) is 25.2 Å². The van der Waals surface area contributed by atoms with Gasteiger partial charge in [-0.05, 0) is 61.4 Å². The van der Waals surface area contributed by atoms with E-state index in [0.717, 1.165) is 36.2 Å². The maximum atomic E-state index is 6.36. The van der Waals surface area contributed by atoms with Crippen LogP contribution in [0.3, 0.4) is 0 Å². The van der Waals surface area contributed by atoms with Crippen LogP contribution in [0.25, 0.3) is 0 Å². The summed E-state index contributed by atoms with van der Waals surface area (Å²) in [6.07, 6.45) is 3.56. The minimum absolute atomic E-state index is 0.496. The summed E-state index contributed by atoms with van der Waals surface area (Å²) < 4.78 is 5.50. The van der Waals surface area contributed by atoms with Gasteiger partial charge in [-0.1, -0.05) is 31.5 Å². The number of rotatable bonds is 4. The van der Waals surface area contributed by atoms with Crippen molar-refractivity contribution in [1.29, 1.82) is 0 Å². The molecule has 1 aliphatic heterocycles. The number of hydrogen-bond donors (Lipinski definition) is 1. The number of piperidine rings is 1. The molecule has 1 aromatic rings. The largest absolute Gasteiger partial charge is 0.495 e. The quantitative estimate of drug-likeness (QED) is 0.900. The van der Waals surface area contributed by atoms with Crippen molar-refractivity contribution in [3.05, 3.63) is 28.3 Å². The summed E-state index contributed by atoms with van der Waals surface area (Å²) in [6.45, 7) is 6.66. The zero-order valence-corrected chi connectivity index (χ0v) is 12.9. The number of methoxy groups -OCH3 is 1. The summed E-state index contributed by atoms with van der Waals surface area (Å²) in [5.74, 6) is 2.11. The third kappa shape index (κ3) is 3.64. The van der Waals surface area contributed by atoms with E-state index < -0.39 is 0 Å². The number of halogens is 1. The molecule has 0 amide bonds. The summed E-state index contributed by atoms with van der Waals surface area (Å²) >= 11 is 6.36. The lowest BCUT2D eigenvalue weighted by Gasteiger charge is -2.24. The lowest BCUT2D eigenvalue weighted by molar-refractivity contribution is 0.361. The van der Waals surface area contributed by atoms with Crippen molar-refractivity contribution in [2.45, 2.75) is 39.0 Å². The first-order valence-corrected chi connectivity index (χ1v) is 7.56. The van der Waals surface area contributed by atoms with Crippen LogP contribution in [0, 0.1) is 5.92 Å². The van der Waals surface area contributed by atoms with Crippen molar-refractivity contribution in [3.63, 3.8) is 0 Å². The van der Waals surface area contributed by atoms with Crippen molar-refractivity contribution in [2.24, 2.45) is 5.92 Å². The molecule has 0 radical (unpaired) electrons. The topological polar surface area (TPSA) is 21.3 Å². The van der Waals surface area contributed by atoms with Gasteiger partial charge < -0.3 is 10.1 Å². The molecule has 0 aliphatic carbocycles. The van der Waals surface area contributed by atoms with E-state index in [0.29, 0.717) is 5.92 Å². The fourth-order valence-corrected chi connectivity index (χ4v) is 3.11. The van der Waals surface area contributed by atoms with Crippen LogP contribution in [0.4, 0.5) is 0 Å². The third-order valence-corrected chi connectivity index (χ3v) is 4.26. The Labute approximate surface area is 121 Å². The predicted octanol–water partition coefficient (Wildman–Crippen LogP) is 4.01. The first-order chi connectivity index (χ1) is 9.11. The molecule has 0 atom stereocenters. The Morgan fingerprint density at radius 1 is 1.32 bits per heavy atom. The molecular formula is C16H24ClNO. The summed E-state index contributed by atoms with van der Waals surface area (Å²) in [5, 5.41) is 4.16. The highest BCUT2D eigenvalue weighted by Gasteiger charge is 2.18. The molecule has 1 heterocycles. The zero-order valence-electron chi connectivity index (χ0n) is 12.1. The zero-order chi connectivity index (χ0) is 13.8. The Kier molecular flexibility index (Phi) is 5.12. The number of benzene rings is 1. The third-order valence-electron chi connectivity index (χ3n) is 3.98. The molecule has 1 saturated heterocycles. The molecule has 0 bridgehead atoms. The highest BCUT2D eigenvalue weighted by Crippen LogP contribution is 2.35. The van der Waals surface area contributed by atoms with Gasteiger partial charge in [-0.2, -0.15) is 0 Å². The average Bonchev–Trinajstić information content (AvgIpc) is 2.39. The SMILES string of the molecule is COc1c(Cl)cc(C(C)C)cc1CC1CCNCC1. The van der Waals surface area contributed by atoms with Gasteiger partial charge in [0.15, 0.2) is 0 Å². The van der Waals surface area contributed by atoms with Gasteiger partial charge >= 0.3 is 0 Å². The minimum Gasteiger partial charge on any atom is -0.495 e. The van der Waals surface area contributed by atoms with E-state index in [4.69, 9.17) is 16.3 Å². The molecule has 0 spiro atoms. The van der Waals surface area contributed by atoms with Crippen LogP contribution in [0.2, 0.25) is 5.02 Å². The van der Waals surface area contributed by atoms with Crippen molar-refractivity contribution in [3.8, 4) is 5.75 Å². The molecule has 3 heteroatoms. The summed E-state index contributed by atoms with van der Waals surface area (Å²) in [5.41, 5.74) is 2.57. The van der Waals surface area contributed by atoms with E-state index in [9.17, 15) is 0 Å². The molecule has 1 aromatic carbocycles. The minimum atomic E-state index is 0.496. The Balaban J connectivity index is 2.25. The van der Waals surface area contributed by atoms with Crippen LogP contribution >= 0.6 is 11.6 Å². The Bertz CT molecular complexity index is 425. The average molecular weight is 282 g/mol. The van der Waals surface area contributed by atoms with E-state index >= 15 is 0 Å². The molecule has 2 nitrogen and oxygen atoms in total. The van der Waals surface area contributed by atoms with Crippen LogP contribution in [0.15, 0.2) is 12.1 Å². The Morgan fingerprint density at radius 2 is 2.00 bits per heavy atom. The second-order valence-electron chi connectivity index (χ2n) is 5.75.